The number of nitrogens with one attached hydrogen (secondary N) is 1. The molecule has 3 N–H and O–H groups in total. The van der Waals surface area contributed by atoms with Gasteiger partial charge in [-0.15, -0.1) is 22.7 Å². The van der Waals surface area contributed by atoms with Crippen molar-refractivity contribution >= 4 is 55.5 Å². The molecule has 34 heavy (non-hydrogen) atoms. The molecule has 8 heteroatoms. The fourth-order valence-corrected chi connectivity index (χ4v) is 6.93. The molecule has 1 aliphatic rings. The summed E-state index contributed by atoms with van der Waals surface area (Å²) in [5.41, 5.74) is 13.6. The number of amides is 1. The summed E-state index contributed by atoms with van der Waals surface area (Å²) in [6.45, 7) is 8.01. The van der Waals surface area contributed by atoms with Crippen molar-refractivity contribution in [3.8, 4) is 10.4 Å². The normalized spacial score (nSPS) is 12.4. The third-order valence-corrected chi connectivity index (χ3v) is 8.78. The Kier molecular flexibility index (Phi) is 5.65. The van der Waals surface area contributed by atoms with Gasteiger partial charge >= 0.3 is 5.97 Å². The Morgan fingerprint density at radius 3 is 2.65 bits per heavy atom. The topological polar surface area (TPSA) is 94.3 Å². The van der Waals surface area contributed by atoms with E-state index in [0.717, 1.165) is 55.9 Å². The number of nitrogens with zero attached hydrogens (tertiary/aromatic N) is 1. The van der Waals surface area contributed by atoms with Crippen molar-refractivity contribution in [1.82, 2.24) is 4.98 Å². The number of nitrogen functional groups attached to an aromatic ring is 1. The van der Waals surface area contributed by atoms with E-state index in [0.29, 0.717) is 21.1 Å². The van der Waals surface area contributed by atoms with Crippen molar-refractivity contribution in [2.45, 2.75) is 40.5 Å². The molecule has 4 aromatic rings. The minimum atomic E-state index is -0.414. The first-order valence-electron chi connectivity index (χ1n) is 11.2. The van der Waals surface area contributed by atoms with E-state index in [2.05, 4.69) is 22.4 Å². The lowest BCUT2D eigenvalue weighted by atomic mass is 9.89. The number of aromatic nitrogens is 1. The predicted octanol–water partition coefficient (Wildman–Crippen LogP) is 6.06. The average molecular weight is 492 g/mol. The molecule has 3 heterocycles. The van der Waals surface area contributed by atoms with Gasteiger partial charge in [0, 0.05) is 16.0 Å². The second-order valence-electron chi connectivity index (χ2n) is 8.42. The standard InChI is InChI=1S/C26H25N3O3S2/c1-5-32-26(31)19-17-11-10-15-8-6-7-9-16(15)21(17)33-25(19)29-23(30)22-20(27)18-13(3)12(2)14(4)28-24(18)34-22/h6-9H,5,10-11,27H2,1-4H3,(H,29,30). The summed E-state index contributed by atoms with van der Waals surface area (Å²) in [6, 6.07) is 8.19. The van der Waals surface area contributed by atoms with Crippen LogP contribution in [0.2, 0.25) is 0 Å². The second kappa shape index (κ2) is 8.52. The van der Waals surface area contributed by atoms with Crippen LogP contribution in [0.5, 0.6) is 0 Å². The molecule has 0 saturated heterocycles. The highest BCUT2D eigenvalue weighted by atomic mass is 32.1. The van der Waals surface area contributed by atoms with Gasteiger partial charge in [0.15, 0.2) is 0 Å². The zero-order valence-corrected chi connectivity index (χ0v) is 21.1. The number of esters is 1. The first-order valence-corrected chi connectivity index (χ1v) is 12.8. The van der Waals surface area contributed by atoms with Gasteiger partial charge in [-0.05, 0) is 68.4 Å². The van der Waals surface area contributed by atoms with Crippen LogP contribution in [0.25, 0.3) is 20.7 Å². The largest absolute Gasteiger partial charge is 0.462 e. The first kappa shape index (κ1) is 22.6. The number of pyridine rings is 1. The van der Waals surface area contributed by atoms with Crippen molar-refractivity contribution in [2.24, 2.45) is 0 Å². The highest BCUT2D eigenvalue weighted by Gasteiger charge is 2.30. The predicted molar refractivity (Wildman–Crippen MR) is 139 cm³/mol. The third kappa shape index (κ3) is 3.49. The number of hydrogen-bond acceptors (Lipinski definition) is 7. The third-order valence-electron chi connectivity index (χ3n) is 6.50. The fourth-order valence-electron chi connectivity index (χ4n) is 4.54. The molecule has 0 unspecified atom stereocenters. The second-order valence-corrected chi connectivity index (χ2v) is 10.4. The van der Waals surface area contributed by atoms with E-state index in [1.807, 2.05) is 32.9 Å². The molecule has 174 valence electrons. The van der Waals surface area contributed by atoms with Gasteiger partial charge in [-0.25, -0.2) is 9.78 Å². The van der Waals surface area contributed by atoms with Gasteiger partial charge in [0.1, 0.15) is 14.7 Å². The van der Waals surface area contributed by atoms with Crippen LogP contribution in [0.3, 0.4) is 0 Å². The zero-order chi connectivity index (χ0) is 24.1. The molecule has 1 amide bonds. The van der Waals surface area contributed by atoms with Crippen LogP contribution in [0.4, 0.5) is 10.7 Å². The van der Waals surface area contributed by atoms with Gasteiger partial charge in [-0.2, -0.15) is 0 Å². The number of carbonyl (C=O) groups excluding carboxylic acids is 2. The van der Waals surface area contributed by atoms with Crippen LogP contribution in [0.15, 0.2) is 24.3 Å². The molecule has 6 nitrogen and oxygen atoms in total. The van der Waals surface area contributed by atoms with Crippen LogP contribution in [-0.2, 0) is 17.6 Å². The Labute approximate surface area is 205 Å². The Bertz CT molecular complexity index is 1480. The van der Waals surface area contributed by atoms with E-state index in [1.54, 1.807) is 6.92 Å². The van der Waals surface area contributed by atoms with Crippen LogP contribution < -0.4 is 11.1 Å². The summed E-state index contributed by atoms with van der Waals surface area (Å²) in [4.78, 5) is 33.2. The number of nitrogens with two attached hydrogens (primary N) is 1. The quantitative estimate of drug-likeness (QED) is 0.338. The van der Waals surface area contributed by atoms with Crippen molar-refractivity contribution in [3.05, 3.63) is 62.7 Å². The summed E-state index contributed by atoms with van der Waals surface area (Å²) in [5, 5.41) is 4.31. The van der Waals surface area contributed by atoms with E-state index in [-0.39, 0.29) is 12.5 Å². The van der Waals surface area contributed by atoms with E-state index < -0.39 is 5.97 Å². The molecule has 0 bridgehead atoms. The molecule has 1 aliphatic carbocycles. The maximum Gasteiger partial charge on any atom is 0.341 e. The number of hydrogen-bond donors (Lipinski definition) is 2. The number of anilines is 2. The van der Waals surface area contributed by atoms with E-state index >= 15 is 0 Å². The molecule has 5 rings (SSSR count). The van der Waals surface area contributed by atoms with Gasteiger partial charge in [-0.3, -0.25) is 4.79 Å². The maximum atomic E-state index is 13.4. The van der Waals surface area contributed by atoms with Crippen LogP contribution in [0.1, 0.15) is 54.9 Å². The molecule has 0 radical (unpaired) electrons. The number of ether oxygens (including phenoxy) is 1. The van der Waals surface area contributed by atoms with Gasteiger partial charge in [0.05, 0.1) is 17.9 Å². The molecular formula is C26H25N3O3S2. The number of thiophene rings is 2. The summed E-state index contributed by atoms with van der Waals surface area (Å²) >= 11 is 2.69. The lowest BCUT2D eigenvalue weighted by molar-refractivity contribution is 0.0527. The van der Waals surface area contributed by atoms with Crippen molar-refractivity contribution in [3.63, 3.8) is 0 Å². The minimum Gasteiger partial charge on any atom is -0.462 e. The summed E-state index contributed by atoms with van der Waals surface area (Å²) < 4.78 is 5.37. The molecule has 0 saturated carbocycles. The average Bonchev–Trinajstić information content (AvgIpc) is 3.35. The van der Waals surface area contributed by atoms with Crippen LogP contribution in [0, 0.1) is 20.8 Å². The Hall–Kier alpha value is -3.23. The Morgan fingerprint density at radius 2 is 1.88 bits per heavy atom. The summed E-state index contributed by atoms with van der Waals surface area (Å²) in [7, 11) is 0. The molecule has 0 aliphatic heterocycles. The van der Waals surface area contributed by atoms with Crippen molar-refractivity contribution in [1.29, 1.82) is 0 Å². The summed E-state index contributed by atoms with van der Waals surface area (Å²) in [6.07, 6.45) is 1.56. The molecule has 0 atom stereocenters. The van der Waals surface area contributed by atoms with Crippen LogP contribution in [-0.4, -0.2) is 23.5 Å². The number of carbonyl (C=O) groups is 2. The zero-order valence-electron chi connectivity index (χ0n) is 19.5. The lowest BCUT2D eigenvalue weighted by Crippen LogP contribution is -2.16. The van der Waals surface area contributed by atoms with Crippen molar-refractivity contribution in [2.75, 3.05) is 17.7 Å². The summed E-state index contributed by atoms with van der Waals surface area (Å²) in [5.74, 6) is -0.754. The van der Waals surface area contributed by atoms with Gasteiger partial charge < -0.3 is 15.8 Å². The van der Waals surface area contributed by atoms with Gasteiger partial charge in [0.2, 0.25) is 0 Å². The molecule has 0 spiro atoms. The van der Waals surface area contributed by atoms with Gasteiger partial charge in [0.25, 0.3) is 5.91 Å². The number of fused-ring (bicyclic) bond motifs is 4. The molecule has 1 aromatic carbocycles. The van der Waals surface area contributed by atoms with E-state index in [1.165, 1.54) is 28.2 Å². The molecular weight excluding hydrogens is 466 g/mol. The van der Waals surface area contributed by atoms with Crippen LogP contribution >= 0.6 is 22.7 Å². The molecule has 0 fully saturated rings. The molecule has 3 aromatic heterocycles. The number of aryl methyl sites for hydroxylation is 3. The smallest absolute Gasteiger partial charge is 0.341 e. The Balaban J connectivity index is 1.60. The number of rotatable bonds is 4. The monoisotopic (exact) mass is 491 g/mol. The highest BCUT2D eigenvalue weighted by Crippen LogP contribution is 2.46. The fraction of sp³-hybridized carbons (Fsp3) is 0.269. The SMILES string of the molecule is CCOC(=O)c1c(NC(=O)c2sc3nc(C)c(C)c(C)c3c2N)sc2c1CCc1ccccc1-2. The van der Waals surface area contributed by atoms with Gasteiger partial charge in [-0.1, -0.05) is 24.3 Å². The Morgan fingerprint density at radius 1 is 1.12 bits per heavy atom. The number of benzene rings is 1. The lowest BCUT2D eigenvalue weighted by Gasteiger charge is -2.16. The van der Waals surface area contributed by atoms with Crippen molar-refractivity contribution < 1.29 is 14.3 Å². The highest BCUT2D eigenvalue weighted by molar-refractivity contribution is 7.22. The van der Waals surface area contributed by atoms with E-state index in [4.69, 9.17) is 10.5 Å². The maximum absolute atomic E-state index is 13.4. The first-order chi connectivity index (χ1) is 16.3. The minimum absolute atomic E-state index is 0.264. The van der Waals surface area contributed by atoms with E-state index in [9.17, 15) is 9.59 Å².